The third-order valence-corrected chi connectivity index (χ3v) is 4.39. The monoisotopic (exact) mass is 338 g/mol. The topological polar surface area (TPSA) is 93.1 Å². The van der Waals surface area contributed by atoms with Crippen molar-refractivity contribution in [2.24, 2.45) is 0 Å². The molecule has 1 aromatic carbocycles. The normalized spacial score (nSPS) is 15.1. The van der Waals surface area contributed by atoms with Gasteiger partial charge in [-0.2, -0.15) is 4.98 Å². The van der Waals surface area contributed by atoms with Crippen LogP contribution in [0.5, 0.6) is 0 Å². The van der Waals surface area contributed by atoms with Gasteiger partial charge in [0.15, 0.2) is 5.82 Å². The molecule has 2 aromatic rings. The number of benzene rings is 1. The zero-order valence-corrected chi connectivity index (χ0v) is 13.3. The minimum Gasteiger partial charge on any atom is -0.382 e. The van der Waals surface area contributed by atoms with Crippen molar-refractivity contribution < 1.29 is 0 Å². The molecule has 0 atom stereocenters. The van der Waals surface area contributed by atoms with Crippen LogP contribution >= 0.6 is 23.2 Å². The Morgan fingerprint density at radius 1 is 1.09 bits per heavy atom. The maximum absolute atomic E-state index is 6.34. The van der Waals surface area contributed by atoms with E-state index in [0.717, 1.165) is 31.9 Å². The van der Waals surface area contributed by atoms with Crippen LogP contribution < -0.4 is 21.7 Å². The maximum Gasteiger partial charge on any atom is 0.222 e. The van der Waals surface area contributed by atoms with Crippen LogP contribution in [0.1, 0.15) is 0 Å². The van der Waals surface area contributed by atoms with Crippen molar-refractivity contribution in [1.82, 2.24) is 15.3 Å². The summed E-state index contributed by atoms with van der Waals surface area (Å²) >= 11 is 12.5. The Bertz CT molecular complexity index is 700. The number of anilines is 3. The van der Waals surface area contributed by atoms with Crippen LogP contribution in [0.3, 0.4) is 0 Å². The van der Waals surface area contributed by atoms with E-state index in [0.29, 0.717) is 27.1 Å². The van der Waals surface area contributed by atoms with Gasteiger partial charge in [-0.1, -0.05) is 35.3 Å². The molecule has 116 valence electrons. The number of piperazine rings is 1. The van der Waals surface area contributed by atoms with E-state index < -0.39 is 0 Å². The zero-order chi connectivity index (χ0) is 15.7. The fourth-order valence-corrected chi connectivity index (χ4v) is 2.95. The van der Waals surface area contributed by atoms with E-state index in [9.17, 15) is 0 Å². The van der Waals surface area contributed by atoms with E-state index in [1.807, 2.05) is 12.1 Å². The minimum absolute atomic E-state index is 0.113. The molecule has 1 saturated heterocycles. The number of hydrogen-bond donors (Lipinski definition) is 3. The number of nitrogen functional groups attached to an aromatic ring is 2. The fraction of sp³-hybridized carbons (Fsp3) is 0.286. The Kier molecular flexibility index (Phi) is 4.24. The summed E-state index contributed by atoms with van der Waals surface area (Å²) in [4.78, 5) is 10.6. The van der Waals surface area contributed by atoms with Gasteiger partial charge >= 0.3 is 0 Å². The van der Waals surface area contributed by atoms with Crippen molar-refractivity contribution >= 4 is 40.7 Å². The first-order valence-corrected chi connectivity index (χ1v) is 7.66. The highest BCUT2D eigenvalue weighted by Crippen LogP contribution is 2.39. The van der Waals surface area contributed by atoms with Gasteiger partial charge in [0.2, 0.25) is 5.95 Å². The van der Waals surface area contributed by atoms with Crippen LogP contribution in [0.4, 0.5) is 17.5 Å². The summed E-state index contributed by atoms with van der Waals surface area (Å²) in [7, 11) is 0. The molecule has 1 aliphatic heterocycles. The average Bonchev–Trinajstić information content (AvgIpc) is 2.50. The maximum atomic E-state index is 6.34. The molecule has 6 nitrogen and oxygen atoms in total. The molecule has 0 spiro atoms. The Hall–Kier alpha value is -1.76. The first-order valence-electron chi connectivity index (χ1n) is 6.91. The van der Waals surface area contributed by atoms with Crippen LogP contribution in [0.25, 0.3) is 11.3 Å². The highest BCUT2D eigenvalue weighted by Gasteiger charge is 2.22. The van der Waals surface area contributed by atoms with Crippen molar-refractivity contribution in [2.75, 3.05) is 42.5 Å². The SMILES string of the molecule is Nc1nc(N)c(N2CCNCC2)c(-c2cccc(Cl)c2Cl)n1. The predicted octanol–water partition coefficient (Wildman–Crippen LogP) is 2.02. The molecule has 5 N–H and O–H groups in total. The van der Waals surface area contributed by atoms with Gasteiger partial charge in [-0.05, 0) is 6.07 Å². The number of nitrogens with one attached hydrogen (secondary N) is 1. The predicted molar refractivity (Wildman–Crippen MR) is 91.4 cm³/mol. The van der Waals surface area contributed by atoms with Gasteiger partial charge in [0.1, 0.15) is 11.4 Å². The number of rotatable bonds is 2. The molecule has 22 heavy (non-hydrogen) atoms. The molecular weight excluding hydrogens is 323 g/mol. The van der Waals surface area contributed by atoms with Crippen LogP contribution in [0.15, 0.2) is 18.2 Å². The molecule has 8 heteroatoms. The van der Waals surface area contributed by atoms with Crippen molar-refractivity contribution in [1.29, 1.82) is 0 Å². The summed E-state index contributed by atoms with van der Waals surface area (Å²) in [5.41, 5.74) is 13.9. The van der Waals surface area contributed by atoms with Crippen LogP contribution in [0, 0.1) is 0 Å². The zero-order valence-electron chi connectivity index (χ0n) is 11.8. The molecule has 0 bridgehead atoms. The number of hydrogen-bond acceptors (Lipinski definition) is 6. The first-order chi connectivity index (χ1) is 10.6. The number of halogens is 2. The van der Waals surface area contributed by atoms with Gasteiger partial charge in [-0.25, -0.2) is 4.98 Å². The van der Waals surface area contributed by atoms with Gasteiger partial charge in [0, 0.05) is 31.7 Å². The molecule has 1 aromatic heterocycles. The second kappa shape index (κ2) is 6.16. The molecule has 0 unspecified atom stereocenters. The summed E-state index contributed by atoms with van der Waals surface area (Å²) in [6.45, 7) is 3.35. The summed E-state index contributed by atoms with van der Waals surface area (Å²) in [6, 6.07) is 5.40. The Labute approximate surface area is 138 Å². The smallest absolute Gasteiger partial charge is 0.222 e. The molecule has 2 heterocycles. The number of aromatic nitrogens is 2. The molecule has 0 aliphatic carbocycles. The van der Waals surface area contributed by atoms with Crippen LogP contribution in [0.2, 0.25) is 10.0 Å². The lowest BCUT2D eigenvalue weighted by Crippen LogP contribution is -2.44. The molecule has 1 aliphatic rings. The lowest BCUT2D eigenvalue weighted by Gasteiger charge is -2.31. The molecule has 0 amide bonds. The third kappa shape index (κ3) is 2.77. The number of nitrogens with two attached hydrogens (primary N) is 2. The Morgan fingerprint density at radius 2 is 1.82 bits per heavy atom. The summed E-state index contributed by atoms with van der Waals surface area (Å²) < 4.78 is 0. The Balaban J connectivity index is 2.19. The summed E-state index contributed by atoms with van der Waals surface area (Å²) in [6.07, 6.45) is 0. The molecule has 3 rings (SSSR count). The summed E-state index contributed by atoms with van der Waals surface area (Å²) in [5.74, 6) is 0.461. The Morgan fingerprint density at radius 3 is 2.55 bits per heavy atom. The standard InChI is InChI=1S/C14H16Cl2N6/c15-9-3-1-2-8(10(9)16)11-12(13(17)21-14(18)20-11)22-6-4-19-5-7-22/h1-3,19H,4-7H2,(H4,17,18,20,21). The van der Waals surface area contributed by atoms with Gasteiger partial charge in [0.25, 0.3) is 0 Å². The summed E-state index contributed by atoms with van der Waals surface area (Å²) in [5, 5.41) is 4.19. The van der Waals surface area contributed by atoms with Crippen molar-refractivity contribution in [3.05, 3.63) is 28.2 Å². The van der Waals surface area contributed by atoms with E-state index in [2.05, 4.69) is 20.2 Å². The molecule has 0 radical (unpaired) electrons. The second-order valence-corrected chi connectivity index (χ2v) is 5.79. The van der Waals surface area contributed by atoms with E-state index in [1.54, 1.807) is 6.07 Å². The van der Waals surface area contributed by atoms with Crippen molar-refractivity contribution in [3.63, 3.8) is 0 Å². The minimum atomic E-state index is 0.113. The third-order valence-electron chi connectivity index (χ3n) is 3.57. The highest BCUT2D eigenvalue weighted by atomic mass is 35.5. The van der Waals surface area contributed by atoms with Gasteiger partial charge in [-0.3, -0.25) is 0 Å². The second-order valence-electron chi connectivity index (χ2n) is 5.00. The number of nitrogens with zero attached hydrogens (tertiary/aromatic N) is 3. The molecule has 0 saturated carbocycles. The van der Waals surface area contributed by atoms with Gasteiger partial charge in [0.05, 0.1) is 10.0 Å². The average molecular weight is 339 g/mol. The molecular formula is C14H16Cl2N6. The van der Waals surface area contributed by atoms with Gasteiger partial charge in [-0.15, -0.1) is 0 Å². The van der Waals surface area contributed by atoms with E-state index in [-0.39, 0.29) is 5.95 Å². The van der Waals surface area contributed by atoms with Crippen LogP contribution in [-0.4, -0.2) is 36.1 Å². The highest BCUT2D eigenvalue weighted by molar-refractivity contribution is 6.43. The largest absolute Gasteiger partial charge is 0.382 e. The van der Waals surface area contributed by atoms with E-state index >= 15 is 0 Å². The van der Waals surface area contributed by atoms with Crippen LogP contribution in [-0.2, 0) is 0 Å². The van der Waals surface area contributed by atoms with Gasteiger partial charge < -0.3 is 21.7 Å². The first kappa shape index (κ1) is 15.1. The van der Waals surface area contributed by atoms with Crippen molar-refractivity contribution in [2.45, 2.75) is 0 Å². The fourth-order valence-electron chi connectivity index (χ4n) is 2.56. The molecule has 1 fully saturated rings. The lowest BCUT2D eigenvalue weighted by molar-refractivity contribution is 0.589. The lowest BCUT2D eigenvalue weighted by atomic mass is 10.1. The quantitative estimate of drug-likeness (QED) is 0.775. The van der Waals surface area contributed by atoms with E-state index in [4.69, 9.17) is 34.7 Å². The van der Waals surface area contributed by atoms with Crippen molar-refractivity contribution in [3.8, 4) is 11.3 Å². The van der Waals surface area contributed by atoms with E-state index in [1.165, 1.54) is 0 Å².